The topological polar surface area (TPSA) is 30.5 Å². The summed E-state index contributed by atoms with van der Waals surface area (Å²) in [6, 6.07) is 7.88. The van der Waals surface area contributed by atoms with Gasteiger partial charge in [0.1, 0.15) is 11.5 Å². The Bertz CT molecular complexity index is 337. The van der Waals surface area contributed by atoms with Crippen LogP contribution in [0.2, 0.25) is 0 Å². The van der Waals surface area contributed by atoms with Gasteiger partial charge in [0, 0.05) is 0 Å². The van der Waals surface area contributed by atoms with Crippen molar-refractivity contribution >= 4 is 12.4 Å². The largest absolute Gasteiger partial charge is 0.494 e. The predicted octanol–water partition coefficient (Wildman–Crippen LogP) is 3.28. The summed E-state index contributed by atoms with van der Waals surface area (Å²) in [5.74, 6) is 2.67. The van der Waals surface area contributed by atoms with Crippen molar-refractivity contribution in [1.82, 2.24) is 5.32 Å². The van der Waals surface area contributed by atoms with Gasteiger partial charge in [0.15, 0.2) is 0 Å². The Hall–Kier alpha value is -0.930. The van der Waals surface area contributed by atoms with Crippen LogP contribution >= 0.6 is 12.4 Å². The van der Waals surface area contributed by atoms with E-state index < -0.39 is 0 Å². The molecule has 0 bridgehead atoms. The molecule has 1 aliphatic heterocycles. The van der Waals surface area contributed by atoms with Crippen LogP contribution in [-0.2, 0) is 0 Å². The first-order chi connectivity index (χ1) is 8.88. The van der Waals surface area contributed by atoms with E-state index in [1.54, 1.807) is 0 Å². The Balaban J connectivity index is 0.00000180. The second-order valence-corrected chi connectivity index (χ2v) is 4.73. The van der Waals surface area contributed by atoms with Crippen LogP contribution in [0.25, 0.3) is 0 Å². The minimum atomic E-state index is 0. The minimum absolute atomic E-state index is 0. The average molecular weight is 286 g/mol. The molecule has 1 aromatic carbocycles. The number of benzene rings is 1. The molecular weight excluding hydrogens is 262 g/mol. The molecule has 0 aromatic heterocycles. The van der Waals surface area contributed by atoms with Gasteiger partial charge in [0.2, 0.25) is 0 Å². The summed E-state index contributed by atoms with van der Waals surface area (Å²) in [4.78, 5) is 0. The number of rotatable bonds is 6. The molecule has 19 heavy (non-hydrogen) atoms. The van der Waals surface area contributed by atoms with Crippen LogP contribution in [0.15, 0.2) is 24.3 Å². The van der Waals surface area contributed by atoms with E-state index in [1.807, 2.05) is 31.2 Å². The Labute approximate surface area is 122 Å². The molecule has 1 N–H and O–H groups in total. The minimum Gasteiger partial charge on any atom is -0.494 e. The van der Waals surface area contributed by atoms with Gasteiger partial charge < -0.3 is 14.8 Å². The third kappa shape index (κ3) is 5.70. The highest BCUT2D eigenvalue weighted by atomic mass is 35.5. The molecule has 0 unspecified atom stereocenters. The fourth-order valence-corrected chi connectivity index (χ4v) is 2.31. The van der Waals surface area contributed by atoms with E-state index in [4.69, 9.17) is 9.47 Å². The molecule has 3 nitrogen and oxygen atoms in total. The highest BCUT2D eigenvalue weighted by molar-refractivity contribution is 5.85. The van der Waals surface area contributed by atoms with E-state index >= 15 is 0 Å². The smallest absolute Gasteiger partial charge is 0.119 e. The lowest BCUT2D eigenvalue weighted by molar-refractivity contribution is 0.251. The average Bonchev–Trinajstić information content (AvgIpc) is 2.42. The number of nitrogens with one attached hydrogen (secondary N) is 1. The zero-order valence-corrected chi connectivity index (χ0v) is 12.4. The fourth-order valence-electron chi connectivity index (χ4n) is 2.31. The standard InChI is InChI=1S/C15H23NO2.ClH/c1-2-17-14-3-5-15(6-4-14)18-12-9-13-7-10-16-11-8-13;/h3-6,13,16H,2,7-12H2,1H3;1H. The molecule has 0 atom stereocenters. The third-order valence-electron chi connectivity index (χ3n) is 3.39. The third-order valence-corrected chi connectivity index (χ3v) is 3.39. The molecule has 0 spiro atoms. The molecule has 0 radical (unpaired) electrons. The lowest BCUT2D eigenvalue weighted by atomic mass is 9.95. The maximum atomic E-state index is 5.77. The Kier molecular flexibility index (Phi) is 7.68. The van der Waals surface area contributed by atoms with E-state index in [2.05, 4.69) is 5.32 Å². The summed E-state index contributed by atoms with van der Waals surface area (Å²) in [7, 11) is 0. The van der Waals surface area contributed by atoms with E-state index in [0.29, 0.717) is 6.61 Å². The van der Waals surface area contributed by atoms with Gasteiger partial charge in [-0.05, 0) is 69.5 Å². The van der Waals surface area contributed by atoms with Gasteiger partial charge >= 0.3 is 0 Å². The Morgan fingerprint density at radius 1 is 1.05 bits per heavy atom. The zero-order chi connectivity index (χ0) is 12.6. The second-order valence-electron chi connectivity index (χ2n) is 4.73. The second kappa shape index (κ2) is 9.05. The summed E-state index contributed by atoms with van der Waals surface area (Å²) < 4.78 is 11.2. The molecule has 1 fully saturated rings. The number of ether oxygens (including phenoxy) is 2. The van der Waals surface area contributed by atoms with Gasteiger partial charge in [-0.1, -0.05) is 0 Å². The number of hydrogen-bond donors (Lipinski definition) is 1. The van der Waals surface area contributed by atoms with E-state index in [-0.39, 0.29) is 12.4 Å². The molecular formula is C15H24ClNO2. The fraction of sp³-hybridized carbons (Fsp3) is 0.600. The summed E-state index contributed by atoms with van der Waals surface area (Å²) in [5.41, 5.74) is 0. The van der Waals surface area contributed by atoms with Crippen molar-refractivity contribution < 1.29 is 9.47 Å². The van der Waals surface area contributed by atoms with Crippen LogP contribution in [0.5, 0.6) is 11.5 Å². The van der Waals surface area contributed by atoms with Crippen LogP contribution in [0.4, 0.5) is 0 Å². The monoisotopic (exact) mass is 285 g/mol. The van der Waals surface area contributed by atoms with Gasteiger partial charge in [-0.2, -0.15) is 0 Å². The van der Waals surface area contributed by atoms with Crippen molar-refractivity contribution in [2.24, 2.45) is 5.92 Å². The zero-order valence-electron chi connectivity index (χ0n) is 11.6. The van der Waals surface area contributed by atoms with Crippen molar-refractivity contribution in [3.8, 4) is 11.5 Å². The first-order valence-corrected chi connectivity index (χ1v) is 6.95. The lowest BCUT2D eigenvalue weighted by Crippen LogP contribution is -2.28. The molecule has 0 aliphatic carbocycles. The molecule has 1 aromatic rings. The van der Waals surface area contributed by atoms with Gasteiger partial charge in [0.05, 0.1) is 13.2 Å². The first kappa shape index (κ1) is 16.1. The predicted molar refractivity (Wildman–Crippen MR) is 80.6 cm³/mol. The maximum Gasteiger partial charge on any atom is 0.119 e. The highest BCUT2D eigenvalue weighted by Gasteiger charge is 2.12. The van der Waals surface area contributed by atoms with Gasteiger partial charge in [-0.3, -0.25) is 0 Å². The van der Waals surface area contributed by atoms with Crippen molar-refractivity contribution in [3.05, 3.63) is 24.3 Å². The summed E-state index contributed by atoms with van der Waals surface area (Å²) in [6.45, 7) is 5.83. The van der Waals surface area contributed by atoms with Crippen molar-refractivity contribution in [2.45, 2.75) is 26.2 Å². The highest BCUT2D eigenvalue weighted by Crippen LogP contribution is 2.20. The summed E-state index contributed by atoms with van der Waals surface area (Å²) >= 11 is 0. The molecule has 108 valence electrons. The van der Waals surface area contributed by atoms with Crippen LogP contribution in [-0.4, -0.2) is 26.3 Å². The van der Waals surface area contributed by atoms with E-state index in [1.165, 1.54) is 12.8 Å². The normalized spacial score (nSPS) is 15.6. The van der Waals surface area contributed by atoms with Gasteiger partial charge in [0.25, 0.3) is 0 Å². The summed E-state index contributed by atoms with van der Waals surface area (Å²) in [5, 5.41) is 3.39. The van der Waals surface area contributed by atoms with Crippen molar-refractivity contribution in [2.75, 3.05) is 26.3 Å². The van der Waals surface area contributed by atoms with Crippen LogP contribution in [0.3, 0.4) is 0 Å². The van der Waals surface area contributed by atoms with Crippen LogP contribution in [0.1, 0.15) is 26.2 Å². The van der Waals surface area contributed by atoms with Gasteiger partial charge in [-0.25, -0.2) is 0 Å². The number of hydrogen-bond acceptors (Lipinski definition) is 3. The van der Waals surface area contributed by atoms with Gasteiger partial charge in [-0.15, -0.1) is 12.4 Å². The quantitative estimate of drug-likeness (QED) is 0.870. The Morgan fingerprint density at radius 2 is 1.63 bits per heavy atom. The van der Waals surface area contributed by atoms with Crippen LogP contribution in [0, 0.1) is 5.92 Å². The van der Waals surface area contributed by atoms with Crippen molar-refractivity contribution in [3.63, 3.8) is 0 Å². The molecule has 0 saturated carbocycles. The SMILES string of the molecule is CCOc1ccc(OCCC2CCNCC2)cc1.Cl. The molecule has 1 aliphatic rings. The maximum absolute atomic E-state index is 5.77. The van der Waals surface area contributed by atoms with E-state index in [9.17, 15) is 0 Å². The number of piperidine rings is 1. The first-order valence-electron chi connectivity index (χ1n) is 6.95. The molecule has 1 saturated heterocycles. The van der Waals surface area contributed by atoms with Crippen LogP contribution < -0.4 is 14.8 Å². The Morgan fingerprint density at radius 3 is 2.21 bits per heavy atom. The van der Waals surface area contributed by atoms with E-state index in [0.717, 1.165) is 43.5 Å². The molecule has 0 amide bonds. The number of halogens is 1. The molecule has 1 heterocycles. The summed E-state index contributed by atoms with van der Waals surface area (Å²) in [6.07, 6.45) is 3.73. The lowest BCUT2D eigenvalue weighted by Gasteiger charge is -2.22. The van der Waals surface area contributed by atoms with Crippen molar-refractivity contribution in [1.29, 1.82) is 0 Å². The molecule has 4 heteroatoms. The molecule has 2 rings (SSSR count).